The van der Waals surface area contributed by atoms with E-state index >= 15 is 0 Å². The molecule has 0 aliphatic carbocycles. The van der Waals surface area contributed by atoms with E-state index < -0.39 is 16.6 Å². The summed E-state index contributed by atoms with van der Waals surface area (Å²) in [5.41, 5.74) is 0. The molecule has 1 unspecified atom stereocenters. The second-order valence-electron chi connectivity index (χ2n) is 5.12. The van der Waals surface area contributed by atoms with Gasteiger partial charge < -0.3 is 4.12 Å². The Morgan fingerprint density at radius 3 is 1.94 bits per heavy atom. The van der Waals surface area contributed by atoms with Crippen LogP contribution in [-0.2, 0) is 4.12 Å². The third-order valence-corrected chi connectivity index (χ3v) is 10.6. The van der Waals surface area contributed by atoms with Crippen LogP contribution in [0.15, 0.2) is 38.0 Å². The quantitative estimate of drug-likeness (QED) is 0.427. The molecule has 92 valence electrons. The summed E-state index contributed by atoms with van der Waals surface area (Å²) in [5.74, 6) is 0. The second-order valence-corrected chi connectivity index (χ2v) is 13.7. The highest BCUT2D eigenvalue weighted by atomic mass is 28.4. The summed E-state index contributed by atoms with van der Waals surface area (Å²) < 4.78 is 6.50. The summed E-state index contributed by atoms with van der Waals surface area (Å²) in [4.78, 5) is 0. The highest BCUT2D eigenvalue weighted by Gasteiger charge is 2.34. The minimum atomic E-state index is -1.62. The van der Waals surface area contributed by atoms with Crippen molar-refractivity contribution in [2.24, 2.45) is 0 Å². The third kappa shape index (κ3) is 6.25. The summed E-state index contributed by atoms with van der Waals surface area (Å²) in [6, 6.07) is 3.21. The SMILES string of the molecule is C=CCC[Si](C)(CC=C)O[Si](C)(C)CC=C. The monoisotopic (exact) mass is 254 g/mol. The summed E-state index contributed by atoms with van der Waals surface area (Å²) in [6.07, 6.45) is 7.03. The number of hydrogen-bond donors (Lipinski definition) is 0. The van der Waals surface area contributed by atoms with E-state index in [-0.39, 0.29) is 0 Å². The molecular weight excluding hydrogens is 228 g/mol. The first-order valence-electron chi connectivity index (χ1n) is 5.92. The smallest absolute Gasteiger partial charge is 0.180 e. The lowest BCUT2D eigenvalue weighted by Crippen LogP contribution is -2.45. The average Bonchev–Trinajstić information content (AvgIpc) is 2.14. The van der Waals surface area contributed by atoms with Crippen molar-refractivity contribution < 1.29 is 4.12 Å². The van der Waals surface area contributed by atoms with Gasteiger partial charge in [0.15, 0.2) is 16.6 Å². The Hall–Kier alpha value is -0.386. The minimum absolute atomic E-state index is 1.03. The minimum Gasteiger partial charge on any atom is -0.455 e. The lowest BCUT2D eigenvalue weighted by molar-refractivity contribution is 0.537. The van der Waals surface area contributed by atoms with Gasteiger partial charge in [-0.15, -0.1) is 19.7 Å². The average molecular weight is 255 g/mol. The molecule has 0 fully saturated rings. The Balaban J connectivity index is 4.56. The topological polar surface area (TPSA) is 9.23 Å². The van der Waals surface area contributed by atoms with E-state index in [9.17, 15) is 0 Å². The Kier molecular flexibility index (Phi) is 6.87. The molecule has 0 aromatic carbocycles. The molecule has 0 aromatic heterocycles. The first-order valence-corrected chi connectivity index (χ1v) is 11.9. The maximum atomic E-state index is 6.50. The van der Waals surface area contributed by atoms with Crippen LogP contribution in [-0.4, -0.2) is 16.6 Å². The first kappa shape index (κ1) is 15.6. The van der Waals surface area contributed by atoms with Crippen molar-refractivity contribution >= 4 is 16.6 Å². The van der Waals surface area contributed by atoms with E-state index in [1.807, 2.05) is 18.2 Å². The van der Waals surface area contributed by atoms with Crippen LogP contribution in [0.3, 0.4) is 0 Å². The molecule has 1 atom stereocenters. The van der Waals surface area contributed by atoms with Gasteiger partial charge in [0.25, 0.3) is 0 Å². The van der Waals surface area contributed by atoms with E-state index in [1.54, 1.807) is 0 Å². The Bertz CT molecular complexity index is 248. The van der Waals surface area contributed by atoms with Crippen molar-refractivity contribution in [3.05, 3.63) is 38.0 Å². The van der Waals surface area contributed by atoms with Gasteiger partial charge in [0.05, 0.1) is 0 Å². The standard InChI is InChI=1S/C13H26OSi2/c1-7-10-13-16(6,12-9-3)14-15(4,5)11-8-2/h7-9H,1-3,10-13H2,4-6H3. The predicted octanol–water partition coefficient (Wildman–Crippen LogP) is 4.73. The van der Waals surface area contributed by atoms with Crippen molar-refractivity contribution in [2.75, 3.05) is 0 Å². The van der Waals surface area contributed by atoms with Crippen molar-refractivity contribution in [3.63, 3.8) is 0 Å². The molecule has 0 rings (SSSR count). The van der Waals surface area contributed by atoms with Gasteiger partial charge in [-0.3, -0.25) is 0 Å². The van der Waals surface area contributed by atoms with E-state index in [0.29, 0.717) is 0 Å². The lowest BCUT2D eigenvalue weighted by Gasteiger charge is -2.35. The largest absolute Gasteiger partial charge is 0.455 e. The van der Waals surface area contributed by atoms with Gasteiger partial charge in [-0.1, -0.05) is 18.2 Å². The van der Waals surface area contributed by atoms with E-state index in [4.69, 9.17) is 4.12 Å². The molecule has 0 amide bonds. The van der Waals surface area contributed by atoms with Gasteiger partial charge in [0.2, 0.25) is 0 Å². The van der Waals surface area contributed by atoms with Crippen molar-refractivity contribution in [1.82, 2.24) is 0 Å². The zero-order valence-electron chi connectivity index (χ0n) is 11.1. The fraction of sp³-hybridized carbons (Fsp3) is 0.538. The van der Waals surface area contributed by atoms with E-state index in [0.717, 1.165) is 24.6 Å². The Labute approximate surface area is 103 Å². The molecule has 0 spiro atoms. The maximum absolute atomic E-state index is 6.50. The van der Waals surface area contributed by atoms with Gasteiger partial charge in [-0.2, -0.15) is 0 Å². The van der Waals surface area contributed by atoms with Crippen LogP contribution in [0.4, 0.5) is 0 Å². The van der Waals surface area contributed by atoms with Crippen molar-refractivity contribution in [3.8, 4) is 0 Å². The zero-order valence-corrected chi connectivity index (χ0v) is 13.1. The van der Waals surface area contributed by atoms with Gasteiger partial charge in [-0.05, 0) is 44.2 Å². The zero-order chi connectivity index (χ0) is 12.7. The van der Waals surface area contributed by atoms with Crippen LogP contribution in [0.25, 0.3) is 0 Å². The van der Waals surface area contributed by atoms with Crippen LogP contribution in [0.1, 0.15) is 6.42 Å². The summed E-state index contributed by atoms with van der Waals surface area (Å²) in [5, 5.41) is 0. The molecule has 0 saturated heterocycles. The number of allylic oxidation sites excluding steroid dienone is 3. The molecule has 0 heterocycles. The second kappa shape index (κ2) is 7.04. The van der Waals surface area contributed by atoms with Gasteiger partial charge in [0.1, 0.15) is 0 Å². The van der Waals surface area contributed by atoms with Crippen LogP contribution < -0.4 is 0 Å². The van der Waals surface area contributed by atoms with Gasteiger partial charge in [0, 0.05) is 0 Å². The van der Waals surface area contributed by atoms with Crippen LogP contribution in [0.5, 0.6) is 0 Å². The molecular formula is C13H26OSi2. The molecule has 0 aliphatic heterocycles. The summed E-state index contributed by atoms with van der Waals surface area (Å²) in [7, 11) is -3.18. The van der Waals surface area contributed by atoms with Gasteiger partial charge in [-0.25, -0.2) is 0 Å². The first-order chi connectivity index (χ1) is 7.39. The summed E-state index contributed by atoms with van der Waals surface area (Å²) >= 11 is 0. The highest BCUT2D eigenvalue weighted by Crippen LogP contribution is 2.26. The van der Waals surface area contributed by atoms with Crippen molar-refractivity contribution in [1.29, 1.82) is 0 Å². The molecule has 0 bridgehead atoms. The molecule has 1 nitrogen and oxygen atoms in total. The normalized spacial score (nSPS) is 15.2. The van der Waals surface area contributed by atoms with E-state index in [2.05, 4.69) is 39.4 Å². The Morgan fingerprint density at radius 1 is 0.938 bits per heavy atom. The molecule has 3 heteroatoms. The number of hydrogen-bond acceptors (Lipinski definition) is 1. The van der Waals surface area contributed by atoms with Crippen molar-refractivity contribution in [2.45, 2.75) is 44.2 Å². The fourth-order valence-corrected chi connectivity index (χ4v) is 10.7. The fourth-order valence-electron chi connectivity index (χ4n) is 1.96. The molecule has 0 radical (unpaired) electrons. The highest BCUT2D eigenvalue weighted by molar-refractivity contribution is 6.85. The van der Waals surface area contributed by atoms with E-state index in [1.165, 1.54) is 0 Å². The molecule has 0 aromatic rings. The summed E-state index contributed by atoms with van der Waals surface area (Å²) in [6.45, 7) is 18.3. The third-order valence-electron chi connectivity index (χ3n) is 2.61. The molecule has 16 heavy (non-hydrogen) atoms. The van der Waals surface area contributed by atoms with Crippen LogP contribution >= 0.6 is 0 Å². The van der Waals surface area contributed by atoms with Crippen LogP contribution in [0.2, 0.25) is 37.8 Å². The molecule has 0 N–H and O–H groups in total. The maximum Gasteiger partial charge on any atom is 0.180 e. The lowest BCUT2D eigenvalue weighted by atomic mass is 10.5. The molecule has 0 aliphatic rings. The van der Waals surface area contributed by atoms with Crippen LogP contribution in [0, 0.1) is 0 Å². The Morgan fingerprint density at radius 2 is 1.50 bits per heavy atom. The predicted molar refractivity (Wildman–Crippen MR) is 79.8 cm³/mol. The number of rotatable bonds is 9. The molecule has 0 saturated carbocycles. The van der Waals surface area contributed by atoms with Gasteiger partial charge >= 0.3 is 0 Å².